The first-order chi connectivity index (χ1) is 14.1. The molecule has 5 heteroatoms. The van der Waals surface area contributed by atoms with E-state index in [2.05, 4.69) is 64.4 Å². The van der Waals surface area contributed by atoms with Crippen molar-refractivity contribution in [2.45, 2.75) is 72.3 Å². The number of aliphatic hydroxyl groups is 1. The maximum Gasteiger partial charge on any atom is 0.221 e. The largest absolute Gasteiger partial charge is 0.511 e. The highest BCUT2D eigenvalue weighted by atomic mass is 32.2. The number of nitrogens with one attached hydrogen (secondary N) is 1. The minimum Gasteiger partial charge on any atom is -0.511 e. The topological polar surface area (TPSA) is 58.6 Å². The van der Waals surface area contributed by atoms with E-state index in [1.165, 1.54) is 23.8 Å². The second-order valence-corrected chi connectivity index (χ2v) is 8.93. The Labute approximate surface area is 188 Å². The van der Waals surface area contributed by atoms with Crippen LogP contribution in [0.25, 0.3) is 0 Å². The number of carbonyl (C=O) groups excluding carboxylic acids is 1. The van der Waals surface area contributed by atoms with Gasteiger partial charge in [0.05, 0.1) is 18.9 Å². The molecular formula is C25H41NO3S. The number of hydrogen-bond acceptors (Lipinski definition) is 4. The van der Waals surface area contributed by atoms with Gasteiger partial charge in [0.1, 0.15) is 5.76 Å². The summed E-state index contributed by atoms with van der Waals surface area (Å²) < 4.78 is 4.96. The van der Waals surface area contributed by atoms with E-state index < -0.39 is 6.04 Å². The van der Waals surface area contributed by atoms with Crippen molar-refractivity contribution in [2.75, 3.05) is 18.6 Å². The predicted octanol–water partition coefficient (Wildman–Crippen LogP) is 6.64. The van der Waals surface area contributed by atoms with Gasteiger partial charge in [0.15, 0.2) is 0 Å². The molecule has 1 atom stereocenters. The highest BCUT2D eigenvalue weighted by molar-refractivity contribution is 7.99. The summed E-state index contributed by atoms with van der Waals surface area (Å²) in [7, 11) is 1.54. The van der Waals surface area contributed by atoms with E-state index in [0.29, 0.717) is 17.9 Å². The number of methoxy groups -OCH3 is 1. The Morgan fingerprint density at radius 2 is 1.60 bits per heavy atom. The van der Waals surface area contributed by atoms with E-state index in [0.717, 1.165) is 31.4 Å². The van der Waals surface area contributed by atoms with E-state index in [9.17, 15) is 9.90 Å². The maximum absolute atomic E-state index is 12.0. The molecule has 0 aliphatic carbocycles. The van der Waals surface area contributed by atoms with Crippen molar-refractivity contribution in [3.63, 3.8) is 0 Å². The molecule has 0 heterocycles. The summed E-state index contributed by atoms with van der Waals surface area (Å²) in [6, 6.07) is -0.446. The van der Waals surface area contributed by atoms with Gasteiger partial charge in [0.25, 0.3) is 0 Å². The summed E-state index contributed by atoms with van der Waals surface area (Å²) >= 11 is 1.67. The van der Waals surface area contributed by atoms with Crippen LogP contribution in [0.3, 0.4) is 0 Å². The molecule has 0 aromatic carbocycles. The molecule has 0 aliphatic rings. The average molecular weight is 436 g/mol. The standard InChI is InChI=1S/C25H41NO3S/c1-19(2)10-8-11-20(3)12-9-13-21(4)16-17-30-18-24(23(6)27)26-25(28)15-14-22(5)29-7/h10,12,16,24,27H,5-6,8-9,11,13-15,17-18H2,1-4,7H3,(H,26,28)/b20-12+,21-16+. The first-order valence-electron chi connectivity index (χ1n) is 10.6. The molecule has 1 unspecified atom stereocenters. The lowest BCUT2D eigenvalue weighted by molar-refractivity contribution is -0.121. The second-order valence-electron chi connectivity index (χ2n) is 7.85. The molecule has 1 amide bonds. The zero-order chi connectivity index (χ0) is 22.9. The molecule has 2 N–H and O–H groups in total. The van der Waals surface area contributed by atoms with Crippen molar-refractivity contribution in [1.82, 2.24) is 5.32 Å². The van der Waals surface area contributed by atoms with Gasteiger partial charge in [-0.1, -0.05) is 48.1 Å². The lowest BCUT2D eigenvalue weighted by atomic mass is 10.1. The van der Waals surface area contributed by atoms with Gasteiger partial charge < -0.3 is 15.2 Å². The van der Waals surface area contributed by atoms with E-state index in [1.807, 2.05) is 0 Å². The third-order valence-corrected chi connectivity index (χ3v) is 5.59. The summed E-state index contributed by atoms with van der Waals surface area (Å²) in [5.74, 6) is 1.83. The van der Waals surface area contributed by atoms with Crippen LogP contribution in [0.5, 0.6) is 0 Å². The average Bonchev–Trinajstić information content (AvgIpc) is 2.67. The van der Waals surface area contributed by atoms with Crippen LogP contribution in [0.15, 0.2) is 59.6 Å². The molecule has 0 radical (unpaired) electrons. The fourth-order valence-corrected chi connectivity index (χ4v) is 3.62. The smallest absolute Gasteiger partial charge is 0.221 e. The van der Waals surface area contributed by atoms with Crippen LogP contribution in [0.4, 0.5) is 0 Å². The van der Waals surface area contributed by atoms with Crippen LogP contribution in [0, 0.1) is 0 Å². The van der Waals surface area contributed by atoms with Gasteiger partial charge >= 0.3 is 0 Å². The van der Waals surface area contributed by atoms with Gasteiger partial charge in [-0.3, -0.25) is 4.79 Å². The van der Waals surface area contributed by atoms with Crippen molar-refractivity contribution in [1.29, 1.82) is 0 Å². The third-order valence-electron chi connectivity index (χ3n) is 4.61. The number of hydrogen-bond donors (Lipinski definition) is 2. The lowest BCUT2D eigenvalue weighted by Gasteiger charge is -2.17. The Hall–Kier alpha value is -1.88. The number of carbonyl (C=O) groups is 1. The van der Waals surface area contributed by atoms with Crippen LogP contribution < -0.4 is 5.32 Å². The number of allylic oxidation sites excluding steroid dienone is 6. The fraction of sp³-hybridized carbons (Fsp3) is 0.560. The molecule has 0 aromatic rings. The van der Waals surface area contributed by atoms with Gasteiger partial charge in [-0.05, 0) is 53.4 Å². The van der Waals surface area contributed by atoms with Crippen LogP contribution in [0.1, 0.15) is 66.2 Å². The first-order valence-corrected chi connectivity index (χ1v) is 11.7. The number of thioether (sulfide) groups is 1. The molecule has 0 saturated heterocycles. The first kappa shape index (κ1) is 28.1. The predicted molar refractivity (Wildman–Crippen MR) is 132 cm³/mol. The minimum absolute atomic E-state index is 0.0177. The molecule has 4 nitrogen and oxygen atoms in total. The minimum atomic E-state index is -0.446. The van der Waals surface area contributed by atoms with Crippen molar-refractivity contribution < 1.29 is 14.6 Å². The van der Waals surface area contributed by atoms with E-state index in [-0.39, 0.29) is 18.1 Å². The zero-order valence-electron chi connectivity index (χ0n) is 19.6. The van der Waals surface area contributed by atoms with E-state index in [4.69, 9.17) is 4.74 Å². The van der Waals surface area contributed by atoms with Crippen molar-refractivity contribution in [2.24, 2.45) is 0 Å². The molecule has 0 aromatic heterocycles. The zero-order valence-corrected chi connectivity index (χ0v) is 20.4. The highest BCUT2D eigenvalue weighted by Crippen LogP contribution is 2.14. The molecule has 0 fully saturated rings. The molecular weight excluding hydrogens is 394 g/mol. The Morgan fingerprint density at radius 3 is 2.17 bits per heavy atom. The van der Waals surface area contributed by atoms with Crippen molar-refractivity contribution in [3.8, 4) is 0 Å². The van der Waals surface area contributed by atoms with Crippen molar-refractivity contribution >= 4 is 17.7 Å². The van der Waals surface area contributed by atoms with Gasteiger partial charge in [-0.2, -0.15) is 11.8 Å². The number of amides is 1. The molecule has 170 valence electrons. The van der Waals surface area contributed by atoms with Gasteiger partial charge in [-0.15, -0.1) is 0 Å². The maximum atomic E-state index is 12.0. The van der Waals surface area contributed by atoms with Crippen LogP contribution in [0.2, 0.25) is 0 Å². The second kappa shape index (κ2) is 16.9. The Morgan fingerprint density at radius 1 is 1.00 bits per heavy atom. The number of rotatable bonds is 16. The fourth-order valence-electron chi connectivity index (χ4n) is 2.57. The van der Waals surface area contributed by atoms with Crippen molar-refractivity contribution in [3.05, 3.63) is 59.6 Å². The van der Waals surface area contributed by atoms with E-state index in [1.54, 1.807) is 11.8 Å². The number of aliphatic hydroxyl groups excluding tert-OH is 1. The quantitative estimate of drug-likeness (QED) is 0.162. The molecule has 0 rings (SSSR count). The van der Waals surface area contributed by atoms with Gasteiger partial charge in [0, 0.05) is 24.3 Å². The third kappa shape index (κ3) is 16.0. The van der Waals surface area contributed by atoms with Crippen LogP contribution >= 0.6 is 11.8 Å². The summed E-state index contributed by atoms with van der Waals surface area (Å²) in [5.41, 5.74) is 4.18. The van der Waals surface area contributed by atoms with E-state index >= 15 is 0 Å². The summed E-state index contributed by atoms with van der Waals surface area (Å²) in [5, 5.41) is 12.6. The molecule has 0 saturated carbocycles. The molecule has 0 bridgehead atoms. The molecule has 0 spiro atoms. The summed E-state index contributed by atoms with van der Waals surface area (Å²) in [6.07, 6.45) is 11.9. The van der Waals surface area contributed by atoms with Crippen LogP contribution in [-0.2, 0) is 9.53 Å². The van der Waals surface area contributed by atoms with Crippen LogP contribution in [-0.4, -0.2) is 35.7 Å². The normalized spacial score (nSPS) is 12.8. The monoisotopic (exact) mass is 435 g/mol. The highest BCUT2D eigenvalue weighted by Gasteiger charge is 2.15. The Kier molecular flexibility index (Phi) is 15.8. The van der Waals surface area contributed by atoms with Gasteiger partial charge in [-0.25, -0.2) is 0 Å². The molecule has 30 heavy (non-hydrogen) atoms. The Bertz CT molecular complexity index is 643. The van der Waals surface area contributed by atoms with Gasteiger partial charge in [0.2, 0.25) is 5.91 Å². The SMILES string of the molecule is C=C(CCC(=O)NC(CSC/C=C(\C)CC/C=C(\C)CCC=C(C)C)C(=C)O)OC. The summed E-state index contributed by atoms with van der Waals surface area (Å²) in [4.78, 5) is 12.0. The summed E-state index contributed by atoms with van der Waals surface area (Å²) in [6.45, 7) is 15.9. The molecule has 0 aliphatic heterocycles. The Balaban J connectivity index is 4.22. The number of ether oxygens (including phenoxy) is 1. The lowest BCUT2D eigenvalue weighted by Crippen LogP contribution is -2.37.